The summed E-state index contributed by atoms with van der Waals surface area (Å²) in [5.41, 5.74) is 6.15. The minimum Gasteiger partial charge on any atom is -0.311 e. The fourth-order valence-electron chi connectivity index (χ4n) is 1.63. The van der Waals surface area contributed by atoms with Gasteiger partial charge in [0, 0.05) is 0 Å². The first-order valence-corrected chi connectivity index (χ1v) is 6.87. The first kappa shape index (κ1) is 12.7. The van der Waals surface area contributed by atoms with Gasteiger partial charge >= 0.3 is 0 Å². The van der Waals surface area contributed by atoms with Crippen molar-refractivity contribution in [2.24, 2.45) is 5.73 Å². The van der Waals surface area contributed by atoms with Crippen molar-refractivity contribution in [3.8, 4) is 0 Å². The van der Waals surface area contributed by atoms with Crippen molar-refractivity contribution in [2.45, 2.75) is 10.3 Å². The van der Waals surface area contributed by atoms with Crippen molar-refractivity contribution in [3.63, 3.8) is 0 Å². The first-order valence-electron chi connectivity index (χ1n) is 5.32. The summed E-state index contributed by atoms with van der Waals surface area (Å²) in [5, 5.41) is -1.27. The van der Waals surface area contributed by atoms with E-state index in [1.165, 1.54) is 18.2 Å². The monoisotopic (exact) mass is 265 g/mol. The number of sulfone groups is 1. The first-order chi connectivity index (χ1) is 8.53. The molecule has 5 heteroatoms. The van der Waals surface area contributed by atoms with Crippen LogP contribution in [0, 0.1) is 5.82 Å². The minimum absolute atomic E-state index is 0.374. The summed E-state index contributed by atoms with van der Waals surface area (Å²) in [6, 6.07) is 13.5. The molecule has 18 heavy (non-hydrogen) atoms. The lowest BCUT2D eigenvalue weighted by atomic mass is 10.2. The van der Waals surface area contributed by atoms with Crippen LogP contribution in [0.4, 0.5) is 4.39 Å². The Bertz CT molecular complexity index is 641. The van der Waals surface area contributed by atoms with Gasteiger partial charge in [-0.05, 0) is 17.7 Å². The average molecular weight is 265 g/mol. The highest BCUT2D eigenvalue weighted by molar-refractivity contribution is 7.91. The van der Waals surface area contributed by atoms with E-state index in [1.54, 1.807) is 30.3 Å². The molecule has 0 spiro atoms. The maximum Gasteiger partial charge on any atom is 0.201 e. The summed E-state index contributed by atoms with van der Waals surface area (Å²) in [7, 11) is -3.92. The molecular formula is C13H12FNO2S. The predicted molar refractivity (Wildman–Crippen MR) is 67.0 cm³/mol. The molecule has 2 N–H and O–H groups in total. The summed E-state index contributed by atoms with van der Waals surface area (Å²) < 4.78 is 37.9. The van der Waals surface area contributed by atoms with E-state index >= 15 is 0 Å². The Morgan fingerprint density at radius 3 is 2.11 bits per heavy atom. The van der Waals surface area contributed by atoms with Crippen LogP contribution in [0.1, 0.15) is 10.9 Å². The second-order valence-corrected chi connectivity index (χ2v) is 5.84. The zero-order chi connectivity index (χ0) is 13.2. The highest BCUT2D eigenvalue weighted by Crippen LogP contribution is 2.26. The Balaban J connectivity index is 2.48. The molecule has 0 saturated carbocycles. The van der Waals surface area contributed by atoms with Gasteiger partial charge in [-0.3, -0.25) is 0 Å². The fraction of sp³-hybridized carbons (Fsp3) is 0.0769. The number of nitrogens with two attached hydrogens (primary N) is 1. The average Bonchev–Trinajstić information content (AvgIpc) is 2.39. The summed E-state index contributed by atoms with van der Waals surface area (Å²) in [6.45, 7) is 0. The molecule has 2 rings (SSSR count). The van der Waals surface area contributed by atoms with E-state index in [9.17, 15) is 12.8 Å². The van der Waals surface area contributed by atoms with Gasteiger partial charge in [0.25, 0.3) is 0 Å². The van der Waals surface area contributed by atoms with Crippen LogP contribution in [0.2, 0.25) is 0 Å². The van der Waals surface area contributed by atoms with Crippen LogP contribution in [0.3, 0.4) is 0 Å². The van der Waals surface area contributed by atoms with Crippen molar-refractivity contribution in [1.29, 1.82) is 0 Å². The van der Waals surface area contributed by atoms with Gasteiger partial charge in [0.05, 0.1) is 0 Å². The van der Waals surface area contributed by atoms with Crippen molar-refractivity contribution < 1.29 is 12.8 Å². The Morgan fingerprint density at radius 1 is 0.944 bits per heavy atom. The van der Waals surface area contributed by atoms with Crippen LogP contribution in [0.5, 0.6) is 0 Å². The Kier molecular flexibility index (Phi) is 3.45. The zero-order valence-electron chi connectivity index (χ0n) is 9.45. The third kappa shape index (κ3) is 2.27. The molecule has 2 aromatic rings. The third-order valence-electron chi connectivity index (χ3n) is 2.61. The summed E-state index contributed by atoms with van der Waals surface area (Å²) in [5.74, 6) is -0.788. The highest BCUT2D eigenvalue weighted by atomic mass is 32.2. The molecule has 1 unspecified atom stereocenters. The smallest absolute Gasteiger partial charge is 0.201 e. The lowest BCUT2D eigenvalue weighted by Gasteiger charge is -2.13. The van der Waals surface area contributed by atoms with Crippen LogP contribution in [0.25, 0.3) is 0 Å². The van der Waals surface area contributed by atoms with Gasteiger partial charge < -0.3 is 5.73 Å². The highest BCUT2D eigenvalue weighted by Gasteiger charge is 2.27. The molecule has 0 saturated heterocycles. The molecule has 0 aromatic heterocycles. The molecule has 0 aliphatic heterocycles. The fourth-order valence-corrected chi connectivity index (χ4v) is 3.03. The molecule has 0 amide bonds. The second kappa shape index (κ2) is 4.88. The molecule has 1 atom stereocenters. The van der Waals surface area contributed by atoms with Crippen LogP contribution in [0.15, 0.2) is 59.5 Å². The van der Waals surface area contributed by atoms with E-state index in [4.69, 9.17) is 5.73 Å². The van der Waals surface area contributed by atoms with Crippen LogP contribution < -0.4 is 5.73 Å². The van der Waals surface area contributed by atoms with Crippen molar-refractivity contribution in [1.82, 2.24) is 0 Å². The maximum absolute atomic E-state index is 13.5. The Morgan fingerprint density at radius 2 is 1.50 bits per heavy atom. The summed E-state index contributed by atoms with van der Waals surface area (Å²) in [6.07, 6.45) is 0. The van der Waals surface area contributed by atoms with E-state index in [0.29, 0.717) is 5.56 Å². The molecule has 0 fully saturated rings. The van der Waals surface area contributed by atoms with Crippen LogP contribution in [-0.4, -0.2) is 8.42 Å². The lowest BCUT2D eigenvalue weighted by Crippen LogP contribution is -2.22. The lowest BCUT2D eigenvalue weighted by molar-refractivity contribution is 0.558. The van der Waals surface area contributed by atoms with E-state index in [-0.39, 0.29) is 4.90 Å². The topological polar surface area (TPSA) is 60.2 Å². The largest absolute Gasteiger partial charge is 0.311 e. The van der Waals surface area contributed by atoms with Gasteiger partial charge in [-0.2, -0.15) is 0 Å². The number of hydrogen-bond donors (Lipinski definition) is 1. The molecule has 2 aromatic carbocycles. The van der Waals surface area contributed by atoms with Gasteiger partial charge in [0.1, 0.15) is 16.1 Å². The SMILES string of the molecule is NC(c1ccccc1)S(=O)(=O)c1ccccc1F. The van der Waals surface area contributed by atoms with Gasteiger partial charge in [-0.1, -0.05) is 42.5 Å². The third-order valence-corrected chi connectivity index (χ3v) is 4.49. The Labute approximate surface area is 105 Å². The van der Waals surface area contributed by atoms with Crippen molar-refractivity contribution in [3.05, 3.63) is 66.0 Å². The summed E-state index contributed by atoms with van der Waals surface area (Å²) >= 11 is 0. The second-order valence-electron chi connectivity index (χ2n) is 3.81. The van der Waals surface area contributed by atoms with Crippen molar-refractivity contribution >= 4 is 9.84 Å². The van der Waals surface area contributed by atoms with Gasteiger partial charge in [0.15, 0.2) is 0 Å². The maximum atomic E-state index is 13.5. The van der Waals surface area contributed by atoms with Gasteiger partial charge in [-0.25, -0.2) is 12.8 Å². The van der Waals surface area contributed by atoms with E-state index < -0.39 is 21.0 Å². The molecule has 0 aliphatic carbocycles. The molecule has 0 radical (unpaired) electrons. The molecule has 3 nitrogen and oxygen atoms in total. The quantitative estimate of drug-likeness (QED) is 0.926. The standard InChI is InChI=1S/C13H12FNO2S/c14-11-8-4-5-9-12(11)18(16,17)13(15)10-6-2-1-3-7-10/h1-9,13H,15H2. The van der Waals surface area contributed by atoms with E-state index in [2.05, 4.69) is 0 Å². The molecule has 0 aliphatic rings. The molecule has 0 heterocycles. The molecule has 94 valence electrons. The van der Waals surface area contributed by atoms with E-state index in [0.717, 1.165) is 6.07 Å². The van der Waals surface area contributed by atoms with E-state index in [1.807, 2.05) is 0 Å². The molecular weight excluding hydrogens is 253 g/mol. The zero-order valence-corrected chi connectivity index (χ0v) is 10.3. The number of rotatable bonds is 3. The number of benzene rings is 2. The molecule has 0 bridgehead atoms. The van der Waals surface area contributed by atoms with Gasteiger partial charge in [-0.15, -0.1) is 0 Å². The number of halogens is 1. The predicted octanol–water partition coefficient (Wildman–Crippen LogP) is 2.26. The minimum atomic E-state index is -3.92. The van der Waals surface area contributed by atoms with Gasteiger partial charge in [0.2, 0.25) is 9.84 Å². The number of hydrogen-bond acceptors (Lipinski definition) is 3. The van der Waals surface area contributed by atoms with Crippen LogP contribution >= 0.6 is 0 Å². The summed E-state index contributed by atoms with van der Waals surface area (Å²) in [4.78, 5) is -0.374. The Hall–Kier alpha value is -1.72. The van der Waals surface area contributed by atoms with Crippen molar-refractivity contribution in [2.75, 3.05) is 0 Å². The van der Waals surface area contributed by atoms with Crippen LogP contribution in [-0.2, 0) is 9.84 Å². The normalized spacial score (nSPS) is 13.2.